The Bertz CT molecular complexity index is 863. The summed E-state index contributed by atoms with van der Waals surface area (Å²) in [5, 5.41) is 2.87. The second-order valence-corrected chi connectivity index (χ2v) is 8.24. The summed E-state index contributed by atoms with van der Waals surface area (Å²) in [6.45, 7) is 4.18. The van der Waals surface area contributed by atoms with Gasteiger partial charge in [0.2, 0.25) is 10.0 Å². The molecule has 0 aliphatic heterocycles. The molecule has 140 valence electrons. The van der Waals surface area contributed by atoms with Crippen LogP contribution in [0.4, 0.5) is 5.69 Å². The third kappa shape index (κ3) is 5.23. The van der Waals surface area contributed by atoms with Crippen LogP contribution in [0.25, 0.3) is 0 Å². The number of amides is 1. The molecule has 6 nitrogen and oxygen atoms in total. The van der Waals surface area contributed by atoms with Gasteiger partial charge >= 0.3 is 0 Å². The van der Waals surface area contributed by atoms with Crippen LogP contribution in [0.3, 0.4) is 0 Å². The minimum Gasteiger partial charge on any atom is -0.491 e. The Morgan fingerprint density at radius 3 is 2.35 bits per heavy atom. The van der Waals surface area contributed by atoms with Gasteiger partial charge in [0, 0.05) is 12.6 Å². The number of anilines is 1. The van der Waals surface area contributed by atoms with E-state index in [2.05, 4.69) is 5.32 Å². The van der Waals surface area contributed by atoms with E-state index in [0.717, 1.165) is 21.9 Å². The molecular formula is C19H24N2O4S. The minimum atomic E-state index is -3.33. The maximum Gasteiger partial charge on any atom is 0.251 e. The summed E-state index contributed by atoms with van der Waals surface area (Å²) >= 11 is 0. The lowest BCUT2D eigenvalue weighted by molar-refractivity contribution is 0.0926. The first-order valence-electron chi connectivity index (χ1n) is 8.21. The van der Waals surface area contributed by atoms with Gasteiger partial charge < -0.3 is 10.1 Å². The highest BCUT2D eigenvalue weighted by Crippen LogP contribution is 2.17. The summed E-state index contributed by atoms with van der Waals surface area (Å²) in [5.74, 6) is 0.557. The van der Waals surface area contributed by atoms with E-state index >= 15 is 0 Å². The molecule has 1 N–H and O–H groups in total. The van der Waals surface area contributed by atoms with Gasteiger partial charge in [0.15, 0.2) is 0 Å². The molecule has 2 rings (SSSR count). The normalized spacial score (nSPS) is 12.3. The highest BCUT2D eigenvalue weighted by atomic mass is 32.2. The monoisotopic (exact) mass is 376 g/mol. The summed E-state index contributed by atoms with van der Waals surface area (Å²) in [5.41, 5.74) is 2.00. The zero-order valence-electron chi connectivity index (χ0n) is 15.4. The zero-order chi connectivity index (χ0) is 19.3. The molecule has 1 atom stereocenters. The van der Waals surface area contributed by atoms with Gasteiger partial charge in [-0.15, -0.1) is 0 Å². The number of hydrogen-bond donors (Lipinski definition) is 1. The van der Waals surface area contributed by atoms with Gasteiger partial charge in [0.1, 0.15) is 12.4 Å². The Balaban J connectivity index is 1.93. The predicted octanol–water partition coefficient (Wildman–Crippen LogP) is 2.59. The highest BCUT2D eigenvalue weighted by Gasteiger charge is 2.14. The fourth-order valence-electron chi connectivity index (χ4n) is 2.30. The van der Waals surface area contributed by atoms with E-state index in [9.17, 15) is 13.2 Å². The Kier molecular flexibility index (Phi) is 6.26. The molecule has 0 aromatic heterocycles. The number of benzene rings is 2. The summed E-state index contributed by atoms with van der Waals surface area (Å²) in [6.07, 6.45) is 1.13. The fraction of sp³-hybridized carbons (Fsp3) is 0.316. The number of ether oxygens (including phenoxy) is 1. The van der Waals surface area contributed by atoms with Crippen molar-refractivity contribution in [1.29, 1.82) is 0 Å². The Labute approximate surface area is 154 Å². The lowest BCUT2D eigenvalue weighted by Gasteiger charge is -2.18. The van der Waals surface area contributed by atoms with Crippen LogP contribution in [-0.4, -0.2) is 40.3 Å². The van der Waals surface area contributed by atoms with Crippen LogP contribution < -0.4 is 14.4 Å². The van der Waals surface area contributed by atoms with Crippen LogP contribution in [0.2, 0.25) is 0 Å². The molecule has 0 aliphatic carbocycles. The molecule has 26 heavy (non-hydrogen) atoms. The lowest BCUT2D eigenvalue weighted by Crippen LogP contribution is -2.36. The number of para-hydroxylation sites is 1. The molecule has 0 saturated carbocycles. The SMILES string of the molecule is Cc1ccccc1OC[C@@H](C)NC(=O)c1ccc(N(C)S(C)(=O)=O)cc1. The van der Waals surface area contributed by atoms with Crippen molar-refractivity contribution >= 4 is 21.6 Å². The smallest absolute Gasteiger partial charge is 0.251 e. The van der Waals surface area contributed by atoms with Gasteiger partial charge in [0.05, 0.1) is 18.0 Å². The van der Waals surface area contributed by atoms with Gasteiger partial charge in [-0.1, -0.05) is 18.2 Å². The van der Waals surface area contributed by atoms with Crippen molar-refractivity contribution in [3.63, 3.8) is 0 Å². The van der Waals surface area contributed by atoms with Gasteiger partial charge in [-0.3, -0.25) is 9.10 Å². The van der Waals surface area contributed by atoms with Crippen molar-refractivity contribution < 1.29 is 17.9 Å². The lowest BCUT2D eigenvalue weighted by atomic mass is 10.2. The summed E-state index contributed by atoms with van der Waals surface area (Å²) in [6, 6.07) is 13.9. The van der Waals surface area contributed by atoms with E-state index in [-0.39, 0.29) is 11.9 Å². The van der Waals surface area contributed by atoms with E-state index in [1.807, 2.05) is 38.1 Å². The quantitative estimate of drug-likeness (QED) is 0.806. The third-order valence-electron chi connectivity index (χ3n) is 3.95. The number of nitrogens with zero attached hydrogens (tertiary/aromatic N) is 1. The Morgan fingerprint density at radius 1 is 1.15 bits per heavy atom. The van der Waals surface area contributed by atoms with Gasteiger partial charge in [-0.2, -0.15) is 0 Å². The van der Waals surface area contributed by atoms with E-state index in [1.54, 1.807) is 24.3 Å². The molecule has 0 radical (unpaired) electrons. The maximum absolute atomic E-state index is 12.3. The zero-order valence-corrected chi connectivity index (χ0v) is 16.2. The molecular weight excluding hydrogens is 352 g/mol. The van der Waals surface area contributed by atoms with Crippen molar-refractivity contribution in [3.05, 3.63) is 59.7 Å². The second kappa shape index (κ2) is 8.23. The molecule has 0 bridgehead atoms. The summed E-state index contributed by atoms with van der Waals surface area (Å²) < 4.78 is 30.0. The number of nitrogens with one attached hydrogen (secondary N) is 1. The average molecular weight is 376 g/mol. The standard InChI is InChI=1S/C19H24N2O4S/c1-14-7-5-6-8-18(14)25-13-15(2)20-19(22)16-9-11-17(12-10-16)21(3)26(4,23)24/h5-12,15H,13H2,1-4H3,(H,20,22)/t15-/m1/s1. The van der Waals surface area contributed by atoms with Crippen LogP contribution in [0.5, 0.6) is 5.75 Å². The fourth-order valence-corrected chi connectivity index (χ4v) is 2.80. The third-order valence-corrected chi connectivity index (χ3v) is 5.16. The van der Waals surface area contributed by atoms with E-state index in [1.165, 1.54) is 7.05 Å². The van der Waals surface area contributed by atoms with Crippen molar-refractivity contribution in [3.8, 4) is 5.75 Å². The van der Waals surface area contributed by atoms with Crippen LogP contribution in [0.1, 0.15) is 22.8 Å². The molecule has 7 heteroatoms. The predicted molar refractivity (Wildman–Crippen MR) is 103 cm³/mol. The van der Waals surface area contributed by atoms with E-state index < -0.39 is 10.0 Å². The molecule has 0 heterocycles. The summed E-state index contributed by atoms with van der Waals surface area (Å²) in [4.78, 5) is 12.3. The molecule has 0 spiro atoms. The number of hydrogen-bond acceptors (Lipinski definition) is 4. The molecule has 0 aliphatic rings. The number of carbonyl (C=O) groups excluding carboxylic acids is 1. The second-order valence-electron chi connectivity index (χ2n) is 6.23. The molecule has 1 amide bonds. The van der Waals surface area contributed by atoms with Crippen molar-refractivity contribution in [1.82, 2.24) is 5.32 Å². The first kappa shape index (κ1) is 19.8. The number of aryl methyl sites for hydroxylation is 1. The first-order chi connectivity index (χ1) is 12.2. The Morgan fingerprint density at radius 2 is 1.77 bits per heavy atom. The molecule has 2 aromatic carbocycles. The van der Waals surface area contributed by atoms with Crippen LogP contribution >= 0.6 is 0 Å². The van der Waals surface area contributed by atoms with Crippen LogP contribution in [0.15, 0.2) is 48.5 Å². The van der Waals surface area contributed by atoms with Crippen LogP contribution in [-0.2, 0) is 10.0 Å². The largest absolute Gasteiger partial charge is 0.491 e. The number of sulfonamides is 1. The molecule has 0 fully saturated rings. The van der Waals surface area contributed by atoms with Crippen LogP contribution in [0, 0.1) is 6.92 Å². The number of carbonyl (C=O) groups is 1. The molecule has 0 saturated heterocycles. The van der Waals surface area contributed by atoms with Gasteiger partial charge in [-0.25, -0.2) is 8.42 Å². The molecule has 2 aromatic rings. The first-order valence-corrected chi connectivity index (χ1v) is 10.1. The van der Waals surface area contributed by atoms with Crippen molar-refractivity contribution in [2.24, 2.45) is 0 Å². The van der Waals surface area contributed by atoms with Gasteiger partial charge in [0.25, 0.3) is 5.91 Å². The highest BCUT2D eigenvalue weighted by molar-refractivity contribution is 7.92. The maximum atomic E-state index is 12.3. The minimum absolute atomic E-state index is 0.180. The summed E-state index contributed by atoms with van der Waals surface area (Å²) in [7, 11) is -1.86. The van der Waals surface area contributed by atoms with Crippen molar-refractivity contribution in [2.45, 2.75) is 19.9 Å². The topological polar surface area (TPSA) is 75.7 Å². The van der Waals surface area contributed by atoms with Crippen molar-refractivity contribution in [2.75, 3.05) is 24.2 Å². The number of rotatable bonds is 7. The Hall–Kier alpha value is -2.54. The average Bonchev–Trinajstić information content (AvgIpc) is 2.59. The molecule has 0 unspecified atom stereocenters. The van der Waals surface area contributed by atoms with Gasteiger partial charge in [-0.05, 0) is 49.7 Å². The van der Waals surface area contributed by atoms with E-state index in [4.69, 9.17) is 4.74 Å². The van der Waals surface area contributed by atoms with E-state index in [0.29, 0.717) is 17.9 Å².